The van der Waals surface area contributed by atoms with Crippen molar-refractivity contribution in [3.8, 4) is 5.75 Å². The number of amides is 1. The van der Waals surface area contributed by atoms with Crippen LogP contribution in [0.15, 0.2) is 54.6 Å². The first-order valence-corrected chi connectivity index (χ1v) is 15.6. The number of piperidine rings is 1. The fourth-order valence-electron chi connectivity index (χ4n) is 6.83. The molecule has 3 heterocycles. The summed E-state index contributed by atoms with van der Waals surface area (Å²) in [5.74, 6) is 1.62. The first-order chi connectivity index (χ1) is 18.4. The third kappa shape index (κ3) is 5.71. The van der Waals surface area contributed by atoms with E-state index in [9.17, 15) is 13.2 Å². The molecule has 39 heavy (non-hydrogen) atoms. The molecule has 3 saturated heterocycles. The van der Waals surface area contributed by atoms with Crippen molar-refractivity contribution >= 4 is 28.3 Å². The average Bonchev–Trinajstić information content (AvgIpc) is 3.67. The molecule has 2 aromatic carbocycles. The molecule has 0 unspecified atom stereocenters. The molecule has 1 spiro atoms. The highest BCUT2D eigenvalue weighted by molar-refractivity contribution is 7.90. The molecule has 3 aliphatic heterocycles. The molecule has 0 aromatic heterocycles. The summed E-state index contributed by atoms with van der Waals surface area (Å²) in [6.07, 6.45) is 4.31. The fraction of sp³-hybridized carbons (Fsp3) is 0.567. The van der Waals surface area contributed by atoms with Gasteiger partial charge in [0.25, 0.3) is 0 Å². The number of likely N-dealkylation sites (tertiary alicyclic amines) is 2. The number of rotatable bonds is 8. The van der Waals surface area contributed by atoms with Crippen molar-refractivity contribution in [2.45, 2.75) is 49.8 Å². The summed E-state index contributed by atoms with van der Waals surface area (Å²) in [5.41, 5.74) is 2.13. The Kier molecular flexibility index (Phi) is 8.30. The molecule has 1 aliphatic carbocycles. The lowest BCUT2D eigenvalue weighted by molar-refractivity contribution is -0.139. The Morgan fingerprint density at radius 1 is 0.923 bits per heavy atom. The lowest BCUT2D eigenvalue weighted by atomic mass is 9.76. The summed E-state index contributed by atoms with van der Waals surface area (Å²) in [6, 6.07) is 18.4. The Balaban J connectivity index is 0.00000308. The SMILES string of the molecule is COc1ccc(CN2CCC3(CCN(C[C@H]4CN(S(=O)(=O)C5CC5)C[C@@H]4c4ccccc4)CC3)C2=O)cc1.Cl. The van der Waals surface area contributed by atoms with E-state index in [1.165, 1.54) is 5.56 Å². The van der Waals surface area contributed by atoms with Crippen LogP contribution in [0.2, 0.25) is 0 Å². The average molecular weight is 574 g/mol. The van der Waals surface area contributed by atoms with Gasteiger partial charge in [-0.2, -0.15) is 0 Å². The van der Waals surface area contributed by atoms with Gasteiger partial charge < -0.3 is 14.5 Å². The van der Waals surface area contributed by atoms with Gasteiger partial charge in [0.2, 0.25) is 15.9 Å². The second-order valence-electron chi connectivity index (χ2n) is 11.7. The zero-order valence-corrected chi connectivity index (χ0v) is 24.3. The van der Waals surface area contributed by atoms with Crippen LogP contribution in [0, 0.1) is 11.3 Å². The molecule has 2 atom stereocenters. The molecule has 1 saturated carbocycles. The van der Waals surface area contributed by atoms with Crippen LogP contribution in [0.4, 0.5) is 0 Å². The maximum Gasteiger partial charge on any atom is 0.229 e. The van der Waals surface area contributed by atoms with Crippen LogP contribution in [0.25, 0.3) is 0 Å². The lowest BCUT2D eigenvalue weighted by Crippen LogP contribution is -2.46. The highest BCUT2D eigenvalue weighted by atomic mass is 35.5. The van der Waals surface area contributed by atoms with Gasteiger partial charge in [-0.25, -0.2) is 12.7 Å². The van der Waals surface area contributed by atoms with E-state index in [1.54, 1.807) is 11.4 Å². The lowest BCUT2D eigenvalue weighted by Gasteiger charge is -2.39. The first-order valence-electron chi connectivity index (χ1n) is 14.1. The van der Waals surface area contributed by atoms with Crippen molar-refractivity contribution in [1.29, 1.82) is 0 Å². The molecular weight excluding hydrogens is 534 g/mol. The van der Waals surface area contributed by atoms with E-state index >= 15 is 0 Å². The van der Waals surface area contributed by atoms with E-state index in [0.29, 0.717) is 25.5 Å². The van der Waals surface area contributed by atoms with E-state index in [-0.39, 0.29) is 34.9 Å². The number of hydrogen-bond acceptors (Lipinski definition) is 5. The molecule has 6 rings (SSSR count). The number of carbonyl (C=O) groups excluding carboxylic acids is 1. The van der Waals surface area contributed by atoms with Crippen molar-refractivity contribution in [1.82, 2.24) is 14.1 Å². The van der Waals surface area contributed by atoms with Gasteiger partial charge in [-0.3, -0.25) is 4.79 Å². The maximum absolute atomic E-state index is 13.5. The first kappa shape index (κ1) is 28.4. The molecule has 0 bridgehead atoms. The van der Waals surface area contributed by atoms with E-state index < -0.39 is 10.0 Å². The van der Waals surface area contributed by atoms with Crippen LogP contribution in [-0.4, -0.2) is 80.1 Å². The number of carbonyl (C=O) groups is 1. The third-order valence-corrected chi connectivity index (χ3v) is 11.7. The molecule has 2 aromatic rings. The summed E-state index contributed by atoms with van der Waals surface area (Å²) in [4.78, 5) is 18.0. The summed E-state index contributed by atoms with van der Waals surface area (Å²) >= 11 is 0. The minimum absolute atomic E-state index is 0. The molecule has 4 aliphatic rings. The van der Waals surface area contributed by atoms with Crippen molar-refractivity contribution in [3.63, 3.8) is 0 Å². The van der Waals surface area contributed by atoms with Crippen LogP contribution in [-0.2, 0) is 21.4 Å². The van der Waals surface area contributed by atoms with E-state index in [1.807, 2.05) is 35.2 Å². The number of ether oxygens (including phenoxy) is 1. The number of benzene rings is 2. The monoisotopic (exact) mass is 573 g/mol. The summed E-state index contributed by atoms with van der Waals surface area (Å²) in [6.45, 7) is 5.35. The van der Waals surface area contributed by atoms with Crippen molar-refractivity contribution in [2.24, 2.45) is 11.3 Å². The molecule has 9 heteroatoms. The Bertz CT molecular complexity index is 1240. The van der Waals surface area contributed by atoms with E-state index in [2.05, 4.69) is 29.2 Å². The predicted molar refractivity (Wildman–Crippen MR) is 155 cm³/mol. The molecule has 0 radical (unpaired) electrons. The van der Waals surface area contributed by atoms with Crippen LogP contribution in [0.5, 0.6) is 5.75 Å². The standard InChI is InChI=1S/C30H39N3O4S.ClH/c1-37-26-9-7-23(8-10-26)19-32-18-15-30(29(32)34)13-16-31(17-14-30)20-25-21-33(38(35,36)27-11-12-27)22-28(25)24-5-3-2-4-6-24;/h2-10,25,27-28H,11-22H2,1H3;1H/t25-,28+;/m0./s1. The Morgan fingerprint density at radius 2 is 1.59 bits per heavy atom. The summed E-state index contributed by atoms with van der Waals surface area (Å²) in [5, 5.41) is -0.165. The topological polar surface area (TPSA) is 70.2 Å². The summed E-state index contributed by atoms with van der Waals surface area (Å²) in [7, 11) is -1.52. The maximum atomic E-state index is 13.5. The van der Waals surface area contributed by atoms with Gasteiger partial charge in [-0.05, 0) is 74.4 Å². The zero-order valence-electron chi connectivity index (χ0n) is 22.7. The fourth-order valence-corrected chi connectivity index (χ4v) is 8.75. The zero-order chi connectivity index (χ0) is 26.3. The van der Waals surface area contributed by atoms with Crippen LogP contribution >= 0.6 is 12.4 Å². The normalized spacial score (nSPS) is 25.7. The molecule has 1 amide bonds. The molecular formula is C30H40ClN3O4S. The van der Waals surface area contributed by atoms with Gasteiger partial charge >= 0.3 is 0 Å². The van der Waals surface area contributed by atoms with Crippen molar-refractivity contribution in [2.75, 3.05) is 46.4 Å². The van der Waals surface area contributed by atoms with Crippen LogP contribution < -0.4 is 4.74 Å². The number of methoxy groups -OCH3 is 1. The third-order valence-electron chi connectivity index (χ3n) is 9.38. The number of nitrogens with zero attached hydrogens (tertiary/aromatic N) is 3. The van der Waals surface area contributed by atoms with Gasteiger partial charge in [-0.1, -0.05) is 42.5 Å². The van der Waals surface area contributed by atoms with Crippen molar-refractivity contribution in [3.05, 3.63) is 65.7 Å². The smallest absolute Gasteiger partial charge is 0.229 e. The number of sulfonamides is 1. The van der Waals surface area contributed by atoms with Crippen LogP contribution in [0.1, 0.15) is 49.1 Å². The molecule has 7 nitrogen and oxygen atoms in total. The number of halogens is 1. The largest absolute Gasteiger partial charge is 0.497 e. The predicted octanol–water partition coefficient (Wildman–Crippen LogP) is 4.14. The summed E-state index contributed by atoms with van der Waals surface area (Å²) < 4.78 is 33.2. The Hall–Kier alpha value is -2.13. The molecule has 4 fully saturated rings. The minimum Gasteiger partial charge on any atom is -0.497 e. The Morgan fingerprint density at radius 3 is 2.23 bits per heavy atom. The van der Waals surface area contributed by atoms with Gasteiger partial charge in [0.1, 0.15) is 5.75 Å². The van der Waals surface area contributed by atoms with Crippen LogP contribution in [0.3, 0.4) is 0 Å². The second kappa shape index (κ2) is 11.4. The number of hydrogen-bond donors (Lipinski definition) is 0. The van der Waals surface area contributed by atoms with Crippen molar-refractivity contribution < 1.29 is 17.9 Å². The van der Waals surface area contributed by atoms with Gasteiger partial charge in [-0.15, -0.1) is 12.4 Å². The van der Waals surface area contributed by atoms with E-state index in [0.717, 1.165) is 69.6 Å². The second-order valence-corrected chi connectivity index (χ2v) is 14.0. The molecule has 0 N–H and O–H groups in total. The van der Waals surface area contributed by atoms with Gasteiger partial charge in [0, 0.05) is 38.6 Å². The highest BCUT2D eigenvalue weighted by Gasteiger charge is 2.49. The minimum atomic E-state index is -3.18. The van der Waals surface area contributed by atoms with Gasteiger partial charge in [0.05, 0.1) is 17.8 Å². The highest BCUT2D eigenvalue weighted by Crippen LogP contribution is 2.44. The Labute approximate surface area is 239 Å². The van der Waals surface area contributed by atoms with E-state index in [4.69, 9.17) is 4.74 Å². The van der Waals surface area contributed by atoms with Gasteiger partial charge in [0.15, 0.2) is 0 Å². The quantitative estimate of drug-likeness (QED) is 0.475. The molecule has 212 valence electrons.